The lowest BCUT2D eigenvalue weighted by Crippen LogP contribution is -2.32. The predicted molar refractivity (Wildman–Crippen MR) is 155 cm³/mol. The van der Waals surface area contributed by atoms with Crippen molar-refractivity contribution in [1.82, 2.24) is 4.90 Å². The number of amides is 2. The maximum Gasteiger partial charge on any atom is 0.293 e. The fraction of sp³-hybridized carbons (Fsp3) is 0.200. The van der Waals surface area contributed by atoms with E-state index in [0.29, 0.717) is 35.2 Å². The van der Waals surface area contributed by atoms with Crippen molar-refractivity contribution in [2.75, 3.05) is 20.3 Å². The third-order valence-electron chi connectivity index (χ3n) is 5.81. The molecule has 38 heavy (non-hydrogen) atoms. The molecule has 0 spiro atoms. The van der Waals surface area contributed by atoms with Gasteiger partial charge in [0, 0.05) is 10.0 Å². The van der Waals surface area contributed by atoms with Crippen molar-refractivity contribution >= 4 is 44.9 Å². The topological polar surface area (TPSA) is 65.1 Å². The Bertz CT molecular complexity index is 1350. The predicted octanol–water partition coefficient (Wildman–Crippen LogP) is 7.19. The second kappa shape index (κ2) is 12.8. The van der Waals surface area contributed by atoms with Gasteiger partial charge in [0.05, 0.1) is 18.6 Å². The Labute approximate surface area is 235 Å². The Morgan fingerprint density at radius 1 is 1.03 bits per heavy atom. The fourth-order valence-corrected chi connectivity index (χ4v) is 4.99. The van der Waals surface area contributed by atoms with E-state index in [1.807, 2.05) is 61.5 Å². The minimum atomic E-state index is -0.340. The normalized spacial score (nSPS) is 14.2. The highest BCUT2D eigenvalue weighted by Crippen LogP contribution is 2.37. The number of nitrogens with zero attached hydrogens (tertiary/aromatic N) is 1. The number of benzene rings is 3. The SMILES string of the molecule is C=CCc1cc(/C=C2\SC(=O)N(CCOc3ccc(C)cc3)C2=O)cc(OC)c1OCc1ccc(Br)cc1. The number of allylic oxidation sites excluding steroid dienone is 1. The van der Waals surface area contributed by atoms with Crippen LogP contribution in [0.15, 0.2) is 82.7 Å². The second-order valence-electron chi connectivity index (χ2n) is 8.61. The number of rotatable bonds is 11. The lowest BCUT2D eigenvalue weighted by Gasteiger charge is -2.16. The average molecular weight is 595 g/mol. The van der Waals surface area contributed by atoms with Crippen molar-refractivity contribution < 1.29 is 23.8 Å². The Hall–Kier alpha value is -3.49. The first kappa shape index (κ1) is 27.5. The summed E-state index contributed by atoms with van der Waals surface area (Å²) in [6, 6.07) is 19.3. The minimum absolute atomic E-state index is 0.170. The van der Waals surface area contributed by atoms with Gasteiger partial charge in [0.15, 0.2) is 11.5 Å². The zero-order chi connectivity index (χ0) is 27.1. The molecule has 0 unspecified atom stereocenters. The van der Waals surface area contributed by atoms with Crippen molar-refractivity contribution in [3.05, 3.63) is 105 Å². The number of ether oxygens (including phenoxy) is 3. The number of aryl methyl sites for hydroxylation is 1. The van der Waals surface area contributed by atoms with Gasteiger partial charge in [0.25, 0.3) is 11.1 Å². The molecule has 0 aliphatic carbocycles. The van der Waals surface area contributed by atoms with Gasteiger partial charge in [-0.15, -0.1) is 6.58 Å². The van der Waals surface area contributed by atoms with Gasteiger partial charge in [0.1, 0.15) is 19.0 Å². The summed E-state index contributed by atoms with van der Waals surface area (Å²) >= 11 is 4.36. The maximum atomic E-state index is 13.0. The van der Waals surface area contributed by atoms with Gasteiger partial charge in [0.2, 0.25) is 0 Å². The molecule has 2 amide bonds. The Kier molecular flexibility index (Phi) is 9.31. The first-order valence-corrected chi connectivity index (χ1v) is 13.6. The molecule has 1 heterocycles. The summed E-state index contributed by atoms with van der Waals surface area (Å²) in [5.41, 5.74) is 3.75. The second-order valence-corrected chi connectivity index (χ2v) is 10.5. The molecule has 3 aromatic rings. The van der Waals surface area contributed by atoms with Gasteiger partial charge in [-0.3, -0.25) is 14.5 Å². The number of methoxy groups -OCH3 is 1. The summed E-state index contributed by atoms with van der Waals surface area (Å²) in [7, 11) is 1.57. The number of imide groups is 1. The van der Waals surface area contributed by atoms with E-state index in [2.05, 4.69) is 22.5 Å². The summed E-state index contributed by atoms with van der Waals surface area (Å²) in [6.45, 7) is 6.62. The standard InChI is InChI=1S/C30H28BrNO5S/c1-4-5-23-16-22(17-26(35-3)28(23)37-19-21-8-10-24(31)11-9-21)18-27-29(33)32(30(34)38-27)14-15-36-25-12-6-20(2)7-13-25/h4,6-13,16-18H,1,5,14-15,19H2,2-3H3/b27-18-. The molecular formula is C30H28BrNO5S. The summed E-state index contributed by atoms with van der Waals surface area (Å²) in [5.74, 6) is 1.52. The zero-order valence-electron chi connectivity index (χ0n) is 21.2. The van der Waals surface area contributed by atoms with Crippen LogP contribution in [-0.2, 0) is 17.8 Å². The number of thioether (sulfide) groups is 1. The third-order valence-corrected chi connectivity index (χ3v) is 7.25. The molecule has 0 radical (unpaired) electrons. The molecule has 4 rings (SSSR count). The van der Waals surface area contributed by atoms with E-state index in [0.717, 1.165) is 38.5 Å². The van der Waals surface area contributed by atoms with Gasteiger partial charge in [-0.1, -0.05) is 51.8 Å². The van der Waals surface area contributed by atoms with E-state index in [1.54, 1.807) is 25.3 Å². The fourth-order valence-electron chi connectivity index (χ4n) is 3.86. The monoisotopic (exact) mass is 593 g/mol. The number of carbonyl (C=O) groups is 2. The molecule has 196 valence electrons. The summed E-state index contributed by atoms with van der Waals surface area (Å²) < 4.78 is 18.5. The van der Waals surface area contributed by atoms with Crippen LogP contribution in [0, 0.1) is 6.92 Å². The van der Waals surface area contributed by atoms with Gasteiger partial charge < -0.3 is 14.2 Å². The van der Waals surface area contributed by atoms with Crippen LogP contribution in [0.25, 0.3) is 6.08 Å². The first-order chi connectivity index (χ1) is 18.4. The number of carbonyl (C=O) groups excluding carboxylic acids is 2. The lowest BCUT2D eigenvalue weighted by molar-refractivity contribution is -0.123. The summed E-state index contributed by atoms with van der Waals surface area (Å²) in [6.07, 6.45) is 4.04. The molecule has 0 atom stereocenters. The summed E-state index contributed by atoms with van der Waals surface area (Å²) in [5, 5.41) is -0.318. The van der Waals surface area contributed by atoms with E-state index in [9.17, 15) is 9.59 Å². The highest BCUT2D eigenvalue weighted by atomic mass is 79.9. The average Bonchev–Trinajstić information content (AvgIpc) is 3.17. The van der Waals surface area contributed by atoms with Gasteiger partial charge in [-0.25, -0.2) is 0 Å². The van der Waals surface area contributed by atoms with Crippen molar-refractivity contribution in [2.45, 2.75) is 20.0 Å². The van der Waals surface area contributed by atoms with Crippen LogP contribution in [0.3, 0.4) is 0 Å². The molecule has 1 aliphatic heterocycles. The molecule has 1 fully saturated rings. The van der Waals surface area contributed by atoms with Crippen LogP contribution in [0.4, 0.5) is 4.79 Å². The third kappa shape index (κ3) is 6.88. The van der Waals surface area contributed by atoms with E-state index in [1.165, 1.54) is 4.90 Å². The van der Waals surface area contributed by atoms with E-state index in [-0.39, 0.29) is 24.3 Å². The molecule has 0 N–H and O–H groups in total. The zero-order valence-corrected chi connectivity index (χ0v) is 23.6. The van der Waals surface area contributed by atoms with Crippen LogP contribution in [0.5, 0.6) is 17.2 Å². The van der Waals surface area contributed by atoms with E-state index < -0.39 is 0 Å². The molecule has 3 aromatic carbocycles. The molecular weight excluding hydrogens is 566 g/mol. The molecule has 1 aliphatic rings. The molecule has 0 bridgehead atoms. The minimum Gasteiger partial charge on any atom is -0.493 e. The number of hydrogen-bond acceptors (Lipinski definition) is 6. The number of halogens is 1. The molecule has 1 saturated heterocycles. The quantitative estimate of drug-likeness (QED) is 0.173. The van der Waals surface area contributed by atoms with Gasteiger partial charge in [-0.2, -0.15) is 0 Å². The van der Waals surface area contributed by atoms with E-state index in [4.69, 9.17) is 14.2 Å². The first-order valence-electron chi connectivity index (χ1n) is 12.0. The number of hydrogen-bond donors (Lipinski definition) is 0. The largest absolute Gasteiger partial charge is 0.493 e. The molecule has 8 heteroatoms. The maximum absolute atomic E-state index is 13.0. The van der Waals surface area contributed by atoms with E-state index >= 15 is 0 Å². The van der Waals surface area contributed by atoms with Gasteiger partial charge in [-0.05, 0) is 78.7 Å². The van der Waals surface area contributed by atoms with Crippen LogP contribution in [0.1, 0.15) is 22.3 Å². The van der Waals surface area contributed by atoms with Crippen LogP contribution in [0.2, 0.25) is 0 Å². The Morgan fingerprint density at radius 2 is 1.76 bits per heavy atom. The Morgan fingerprint density at radius 3 is 2.45 bits per heavy atom. The summed E-state index contributed by atoms with van der Waals surface area (Å²) in [4.78, 5) is 27.1. The highest BCUT2D eigenvalue weighted by Gasteiger charge is 2.35. The van der Waals surface area contributed by atoms with Gasteiger partial charge >= 0.3 is 0 Å². The Balaban J connectivity index is 1.49. The van der Waals surface area contributed by atoms with Crippen LogP contribution < -0.4 is 14.2 Å². The van der Waals surface area contributed by atoms with Crippen LogP contribution in [-0.4, -0.2) is 36.3 Å². The molecule has 6 nitrogen and oxygen atoms in total. The van der Waals surface area contributed by atoms with Crippen molar-refractivity contribution in [3.63, 3.8) is 0 Å². The van der Waals surface area contributed by atoms with Crippen molar-refractivity contribution in [2.24, 2.45) is 0 Å². The molecule has 0 aromatic heterocycles. The van der Waals surface area contributed by atoms with Crippen LogP contribution >= 0.6 is 27.7 Å². The molecule has 0 saturated carbocycles. The smallest absolute Gasteiger partial charge is 0.293 e. The van der Waals surface area contributed by atoms with Crippen molar-refractivity contribution in [3.8, 4) is 17.2 Å². The highest BCUT2D eigenvalue weighted by molar-refractivity contribution is 9.10. The lowest BCUT2D eigenvalue weighted by atomic mass is 10.0. The van der Waals surface area contributed by atoms with Crippen molar-refractivity contribution in [1.29, 1.82) is 0 Å².